The Balaban J connectivity index is 1.57. The third-order valence-electron chi connectivity index (χ3n) is 5.56. The molecule has 1 saturated carbocycles. The molecule has 150 valence electrons. The van der Waals surface area contributed by atoms with Crippen molar-refractivity contribution >= 4 is 23.5 Å². The molecule has 4 rings (SSSR count). The summed E-state index contributed by atoms with van der Waals surface area (Å²) in [5.41, 5.74) is 2.38. The van der Waals surface area contributed by atoms with Gasteiger partial charge in [0.2, 0.25) is 5.91 Å². The van der Waals surface area contributed by atoms with E-state index in [4.69, 9.17) is 4.74 Å². The van der Waals surface area contributed by atoms with Crippen LogP contribution in [0, 0.1) is 5.92 Å². The van der Waals surface area contributed by atoms with Gasteiger partial charge in [-0.15, -0.1) is 0 Å². The summed E-state index contributed by atoms with van der Waals surface area (Å²) in [4.78, 5) is 29.5. The van der Waals surface area contributed by atoms with Gasteiger partial charge in [-0.1, -0.05) is 48.5 Å². The zero-order valence-corrected chi connectivity index (χ0v) is 16.7. The Hall–Kier alpha value is -3.08. The van der Waals surface area contributed by atoms with Crippen LogP contribution >= 0.6 is 0 Å². The molecule has 5 heteroatoms. The van der Waals surface area contributed by atoms with E-state index in [1.807, 2.05) is 70.5 Å². The van der Waals surface area contributed by atoms with Gasteiger partial charge in [-0.3, -0.25) is 9.59 Å². The van der Waals surface area contributed by atoms with E-state index in [2.05, 4.69) is 0 Å². The fourth-order valence-corrected chi connectivity index (χ4v) is 3.72. The fraction of sp³-hybridized carbons (Fsp3) is 0.333. The number of amides is 2. The number of ether oxygens (including phenoxy) is 1. The first-order valence-electron chi connectivity index (χ1n) is 10.2. The molecule has 0 unspecified atom stereocenters. The Bertz CT molecular complexity index is 911. The third-order valence-corrected chi connectivity index (χ3v) is 5.56. The number of benzene rings is 2. The normalized spacial score (nSPS) is 17.2. The number of hydrogen-bond donors (Lipinski definition) is 0. The largest absolute Gasteiger partial charge is 0.496 e. The number of carbonyl (C=O) groups excluding carboxylic acids is 2. The van der Waals surface area contributed by atoms with Crippen LogP contribution in [0.25, 0.3) is 11.6 Å². The van der Waals surface area contributed by atoms with Crippen molar-refractivity contribution < 1.29 is 14.3 Å². The molecule has 2 aliphatic rings. The molecule has 1 aliphatic carbocycles. The van der Waals surface area contributed by atoms with Crippen molar-refractivity contribution in [2.45, 2.75) is 12.8 Å². The summed E-state index contributed by atoms with van der Waals surface area (Å²) < 4.78 is 5.46. The Morgan fingerprint density at radius 2 is 1.52 bits per heavy atom. The molecule has 2 fully saturated rings. The topological polar surface area (TPSA) is 49.9 Å². The minimum atomic E-state index is -0.0133. The van der Waals surface area contributed by atoms with Gasteiger partial charge in [-0.2, -0.15) is 0 Å². The molecule has 0 aromatic heterocycles. The van der Waals surface area contributed by atoms with Crippen LogP contribution in [0.2, 0.25) is 0 Å². The maximum atomic E-state index is 13.4. The van der Waals surface area contributed by atoms with Gasteiger partial charge in [-0.25, -0.2) is 0 Å². The predicted molar refractivity (Wildman–Crippen MR) is 113 cm³/mol. The first kappa shape index (κ1) is 19.2. The monoisotopic (exact) mass is 390 g/mol. The lowest BCUT2D eigenvalue weighted by Gasteiger charge is -2.35. The summed E-state index contributed by atoms with van der Waals surface area (Å²) in [5.74, 6) is 1.20. The molecule has 1 aliphatic heterocycles. The van der Waals surface area contributed by atoms with Gasteiger partial charge in [0.05, 0.1) is 7.11 Å². The maximum Gasteiger partial charge on any atom is 0.254 e. The van der Waals surface area contributed by atoms with Gasteiger partial charge in [-0.05, 0) is 30.5 Å². The van der Waals surface area contributed by atoms with E-state index in [-0.39, 0.29) is 17.7 Å². The molecule has 0 N–H and O–H groups in total. The molecular formula is C24H26N2O3. The highest BCUT2D eigenvalue weighted by atomic mass is 16.5. The molecule has 5 nitrogen and oxygen atoms in total. The minimum absolute atomic E-state index is 0.0133. The minimum Gasteiger partial charge on any atom is -0.496 e. The van der Waals surface area contributed by atoms with E-state index < -0.39 is 0 Å². The smallest absolute Gasteiger partial charge is 0.254 e. The van der Waals surface area contributed by atoms with Gasteiger partial charge >= 0.3 is 0 Å². The van der Waals surface area contributed by atoms with Gasteiger partial charge in [0.1, 0.15) is 5.75 Å². The first-order chi connectivity index (χ1) is 14.2. The number of para-hydroxylation sites is 1. The Morgan fingerprint density at radius 3 is 2.17 bits per heavy atom. The third kappa shape index (κ3) is 4.34. The van der Waals surface area contributed by atoms with Crippen LogP contribution < -0.4 is 4.74 Å². The van der Waals surface area contributed by atoms with Gasteiger partial charge in [0.15, 0.2) is 0 Å². The summed E-state index contributed by atoms with van der Waals surface area (Å²) in [5, 5.41) is 0. The Morgan fingerprint density at radius 1 is 0.897 bits per heavy atom. The lowest BCUT2D eigenvalue weighted by molar-refractivity contribution is -0.137. The summed E-state index contributed by atoms with van der Waals surface area (Å²) >= 11 is 0. The van der Waals surface area contributed by atoms with Crippen LogP contribution in [0.5, 0.6) is 5.75 Å². The molecule has 29 heavy (non-hydrogen) atoms. The first-order valence-corrected chi connectivity index (χ1v) is 10.2. The molecule has 2 amide bonds. The predicted octanol–water partition coefficient (Wildman–Crippen LogP) is 3.32. The molecule has 2 aromatic carbocycles. The van der Waals surface area contributed by atoms with Gasteiger partial charge < -0.3 is 14.5 Å². The lowest BCUT2D eigenvalue weighted by Crippen LogP contribution is -2.51. The summed E-state index contributed by atoms with van der Waals surface area (Å²) in [6, 6.07) is 17.4. The number of carbonyl (C=O) groups is 2. The molecule has 0 spiro atoms. The van der Waals surface area contributed by atoms with Crippen molar-refractivity contribution in [3.63, 3.8) is 0 Å². The van der Waals surface area contributed by atoms with E-state index in [9.17, 15) is 9.59 Å². The highest BCUT2D eigenvalue weighted by Crippen LogP contribution is 2.31. The second-order valence-corrected chi connectivity index (χ2v) is 7.56. The van der Waals surface area contributed by atoms with E-state index >= 15 is 0 Å². The summed E-state index contributed by atoms with van der Waals surface area (Å²) in [6.07, 6.45) is 3.92. The molecule has 0 bridgehead atoms. The summed E-state index contributed by atoms with van der Waals surface area (Å²) in [7, 11) is 1.63. The molecule has 0 atom stereocenters. The zero-order valence-electron chi connectivity index (χ0n) is 16.7. The quantitative estimate of drug-likeness (QED) is 0.581. The van der Waals surface area contributed by atoms with Crippen LogP contribution in [-0.4, -0.2) is 54.9 Å². The number of rotatable bonds is 5. The Labute approximate surface area is 171 Å². The number of nitrogens with zero attached hydrogens (tertiary/aromatic N) is 2. The number of methoxy groups -OCH3 is 1. The van der Waals surface area contributed by atoms with E-state index in [1.165, 1.54) is 0 Å². The maximum absolute atomic E-state index is 13.4. The fourth-order valence-electron chi connectivity index (χ4n) is 3.72. The SMILES string of the molecule is COc1ccccc1/C=C(/C(=O)N1CCN(C(=O)C2CC2)CC1)c1ccccc1. The van der Waals surface area contributed by atoms with Crippen molar-refractivity contribution in [1.29, 1.82) is 0 Å². The molecular weight excluding hydrogens is 364 g/mol. The van der Waals surface area contributed by atoms with Crippen LogP contribution in [-0.2, 0) is 9.59 Å². The highest BCUT2D eigenvalue weighted by molar-refractivity contribution is 6.24. The molecule has 2 aromatic rings. The van der Waals surface area contributed by atoms with Crippen molar-refractivity contribution in [1.82, 2.24) is 9.80 Å². The zero-order chi connectivity index (χ0) is 20.2. The Kier molecular flexibility index (Phi) is 5.65. The highest BCUT2D eigenvalue weighted by Gasteiger charge is 2.35. The van der Waals surface area contributed by atoms with Gasteiger partial charge in [0.25, 0.3) is 5.91 Å². The van der Waals surface area contributed by atoms with E-state index in [0.717, 1.165) is 29.7 Å². The second-order valence-electron chi connectivity index (χ2n) is 7.56. The van der Waals surface area contributed by atoms with Crippen molar-refractivity contribution in [3.8, 4) is 5.75 Å². The van der Waals surface area contributed by atoms with Crippen molar-refractivity contribution in [2.75, 3.05) is 33.3 Å². The van der Waals surface area contributed by atoms with Crippen molar-refractivity contribution in [2.24, 2.45) is 5.92 Å². The van der Waals surface area contributed by atoms with Crippen molar-refractivity contribution in [3.05, 3.63) is 65.7 Å². The average molecular weight is 390 g/mol. The summed E-state index contributed by atoms with van der Waals surface area (Å²) in [6.45, 7) is 2.34. The lowest BCUT2D eigenvalue weighted by atomic mass is 10.0. The van der Waals surface area contributed by atoms with Crippen LogP contribution in [0.15, 0.2) is 54.6 Å². The number of hydrogen-bond acceptors (Lipinski definition) is 3. The standard InChI is InChI=1S/C24H26N2O3/c1-29-22-10-6-5-9-20(22)17-21(18-7-3-2-4-8-18)24(28)26-15-13-25(14-16-26)23(27)19-11-12-19/h2-10,17,19H,11-16H2,1H3/b21-17+. The molecule has 1 saturated heterocycles. The van der Waals surface area contributed by atoms with Crippen LogP contribution in [0.1, 0.15) is 24.0 Å². The number of piperazine rings is 1. The van der Waals surface area contributed by atoms with Gasteiger partial charge in [0, 0.05) is 43.2 Å². The molecule has 1 heterocycles. The average Bonchev–Trinajstić information content (AvgIpc) is 3.63. The van der Waals surface area contributed by atoms with Crippen LogP contribution in [0.3, 0.4) is 0 Å². The van der Waals surface area contributed by atoms with E-state index in [0.29, 0.717) is 31.8 Å². The van der Waals surface area contributed by atoms with Crippen LogP contribution in [0.4, 0.5) is 0 Å². The second kappa shape index (κ2) is 8.52. The van der Waals surface area contributed by atoms with E-state index in [1.54, 1.807) is 7.11 Å². The molecule has 0 radical (unpaired) electrons.